The van der Waals surface area contributed by atoms with Crippen molar-refractivity contribution in [3.63, 3.8) is 0 Å². The van der Waals surface area contributed by atoms with Crippen molar-refractivity contribution in [2.45, 2.75) is 12.6 Å². The van der Waals surface area contributed by atoms with Gasteiger partial charge in [0.15, 0.2) is 0 Å². The second kappa shape index (κ2) is 3.29. The van der Waals surface area contributed by atoms with Crippen molar-refractivity contribution in [2.75, 3.05) is 13.6 Å². The van der Waals surface area contributed by atoms with E-state index >= 15 is 0 Å². The molecule has 0 aliphatic carbocycles. The summed E-state index contributed by atoms with van der Waals surface area (Å²) in [6.07, 6.45) is 0. The lowest BCUT2D eigenvalue weighted by Crippen LogP contribution is -2.23. The Morgan fingerprint density at radius 2 is 2.38 bits per heavy atom. The summed E-state index contributed by atoms with van der Waals surface area (Å²) in [7, 11) is 2.09. The summed E-state index contributed by atoms with van der Waals surface area (Å²) in [6, 6.07) is 6.39. The van der Waals surface area contributed by atoms with Crippen LogP contribution in [0.1, 0.15) is 17.2 Å². The summed E-state index contributed by atoms with van der Waals surface area (Å²) >= 11 is 5.93. The highest BCUT2D eigenvalue weighted by Crippen LogP contribution is 2.33. The van der Waals surface area contributed by atoms with Crippen LogP contribution in [0.4, 0.5) is 0 Å². The fourth-order valence-corrected chi connectivity index (χ4v) is 2.12. The molecule has 1 aromatic carbocycles. The largest absolute Gasteiger partial charge is 0.329 e. The Morgan fingerprint density at radius 3 is 3.08 bits per heavy atom. The second-order valence-electron chi connectivity index (χ2n) is 3.51. The van der Waals surface area contributed by atoms with E-state index in [9.17, 15) is 0 Å². The van der Waals surface area contributed by atoms with Crippen molar-refractivity contribution in [1.82, 2.24) is 4.90 Å². The zero-order chi connectivity index (χ0) is 9.42. The van der Waals surface area contributed by atoms with Crippen molar-refractivity contribution in [2.24, 2.45) is 5.73 Å². The summed E-state index contributed by atoms with van der Waals surface area (Å²) in [5.74, 6) is 0. The van der Waals surface area contributed by atoms with Gasteiger partial charge in [-0.05, 0) is 30.3 Å². The van der Waals surface area contributed by atoms with Gasteiger partial charge >= 0.3 is 0 Å². The van der Waals surface area contributed by atoms with Crippen LogP contribution in [-0.2, 0) is 6.54 Å². The van der Waals surface area contributed by atoms with Crippen LogP contribution in [0.2, 0.25) is 5.02 Å². The quantitative estimate of drug-likeness (QED) is 0.742. The predicted molar refractivity (Wildman–Crippen MR) is 54.7 cm³/mol. The Bertz CT molecular complexity index is 325. The van der Waals surface area contributed by atoms with Crippen LogP contribution >= 0.6 is 11.6 Å². The minimum atomic E-state index is 0.341. The minimum Gasteiger partial charge on any atom is -0.329 e. The first-order valence-corrected chi connectivity index (χ1v) is 4.79. The van der Waals surface area contributed by atoms with Crippen LogP contribution in [0.3, 0.4) is 0 Å². The molecule has 0 spiro atoms. The van der Waals surface area contributed by atoms with E-state index in [0.717, 1.165) is 11.6 Å². The first-order valence-electron chi connectivity index (χ1n) is 4.41. The Kier molecular flexibility index (Phi) is 2.28. The molecule has 0 amide bonds. The van der Waals surface area contributed by atoms with E-state index in [2.05, 4.69) is 18.0 Å². The predicted octanol–water partition coefficient (Wildman–Crippen LogP) is 1.79. The first kappa shape index (κ1) is 9.00. The molecule has 0 radical (unpaired) electrons. The number of hydrogen-bond donors (Lipinski definition) is 1. The molecule has 3 heteroatoms. The average molecular weight is 197 g/mol. The van der Waals surface area contributed by atoms with Gasteiger partial charge in [0.1, 0.15) is 0 Å². The van der Waals surface area contributed by atoms with Crippen LogP contribution < -0.4 is 5.73 Å². The Labute approximate surface area is 83.3 Å². The minimum absolute atomic E-state index is 0.341. The van der Waals surface area contributed by atoms with Crippen molar-refractivity contribution < 1.29 is 0 Å². The van der Waals surface area contributed by atoms with Gasteiger partial charge in [0, 0.05) is 24.2 Å². The van der Waals surface area contributed by atoms with E-state index < -0.39 is 0 Å². The van der Waals surface area contributed by atoms with Gasteiger partial charge in [0.05, 0.1) is 0 Å². The number of hydrogen-bond acceptors (Lipinski definition) is 2. The van der Waals surface area contributed by atoms with Crippen molar-refractivity contribution in [1.29, 1.82) is 0 Å². The zero-order valence-corrected chi connectivity index (χ0v) is 8.38. The number of rotatable bonds is 1. The lowest BCUT2D eigenvalue weighted by Gasteiger charge is -2.17. The second-order valence-corrected chi connectivity index (χ2v) is 3.95. The molecule has 1 aromatic rings. The van der Waals surface area contributed by atoms with Crippen LogP contribution in [0.25, 0.3) is 0 Å². The van der Waals surface area contributed by atoms with E-state index in [1.54, 1.807) is 0 Å². The summed E-state index contributed by atoms with van der Waals surface area (Å²) < 4.78 is 0. The number of nitrogens with two attached hydrogens (primary N) is 1. The van der Waals surface area contributed by atoms with E-state index in [1.165, 1.54) is 11.1 Å². The molecule has 1 aliphatic heterocycles. The molecule has 0 saturated heterocycles. The Morgan fingerprint density at radius 1 is 1.62 bits per heavy atom. The number of halogens is 1. The van der Waals surface area contributed by atoms with Crippen molar-refractivity contribution in [3.05, 3.63) is 34.3 Å². The molecule has 0 saturated carbocycles. The van der Waals surface area contributed by atoms with E-state index in [4.69, 9.17) is 17.3 Å². The summed E-state index contributed by atoms with van der Waals surface area (Å²) in [6.45, 7) is 1.64. The fraction of sp³-hybridized carbons (Fsp3) is 0.400. The van der Waals surface area contributed by atoms with Gasteiger partial charge in [0.2, 0.25) is 0 Å². The van der Waals surface area contributed by atoms with Gasteiger partial charge < -0.3 is 5.73 Å². The molecule has 70 valence electrons. The number of benzene rings is 1. The molecule has 13 heavy (non-hydrogen) atoms. The molecule has 1 unspecified atom stereocenters. The number of fused-ring (bicyclic) bond motifs is 1. The van der Waals surface area contributed by atoms with Crippen molar-refractivity contribution >= 4 is 11.6 Å². The van der Waals surface area contributed by atoms with E-state index in [0.29, 0.717) is 12.6 Å². The maximum atomic E-state index is 5.93. The molecule has 2 N–H and O–H groups in total. The monoisotopic (exact) mass is 196 g/mol. The maximum absolute atomic E-state index is 5.93. The molecular formula is C10H13ClN2. The number of nitrogens with zero attached hydrogens (tertiary/aromatic N) is 1. The summed E-state index contributed by atoms with van der Waals surface area (Å²) in [5, 5.41) is 0.799. The first-order chi connectivity index (χ1) is 6.22. The highest BCUT2D eigenvalue weighted by Gasteiger charge is 2.25. The lowest BCUT2D eigenvalue weighted by molar-refractivity contribution is 0.274. The third kappa shape index (κ3) is 1.46. The molecule has 2 rings (SSSR count). The highest BCUT2D eigenvalue weighted by atomic mass is 35.5. The van der Waals surface area contributed by atoms with E-state index in [-0.39, 0.29) is 0 Å². The molecule has 1 aliphatic rings. The molecule has 0 aromatic heterocycles. The van der Waals surface area contributed by atoms with Gasteiger partial charge in [-0.15, -0.1) is 0 Å². The van der Waals surface area contributed by atoms with Gasteiger partial charge in [-0.2, -0.15) is 0 Å². The molecule has 0 bridgehead atoms. The molecule has 1 atom stereocenters. The molecular weight excluding hydrogens is 184 g/mol. The third-order valence-electron chi connectivity index (χ3n) is 2.64. The topological polar surface area (TPSA) is 29.3 Å². The smallest absolute Gasteiger partial charge is 0.0474 e. The molecule has 2 nitrogen and oxygen atoms in total. The van der Waals surface area contributed by atoms with Gasteiger partial charge in [-0.3, -0.25) is 4.90 Å². The Hall–Kier alpha value is -0.570. The van der Waals surface area contributed by atoms with Crippen LogP contribution in [0.15, 0.2) is 18.2 Å². The van der Waals surface area contributed by atoms with Crippen molar-refractivity contribution in [3.8, 4) is 0 Å². The van der Waals surface area contributed by atoms with Gasteiger partial charge in [-0.1, -0.05) is 17.7 Å². The highest BCUT2D eigenvalue weighted by molar-refractivity contribution is 6.30. The maximum Gasteiger partial charge on any atom is 0.0474 e. The standard InChI is InChI=1S/C10H13ClN2/c1-13-6-7-2-3-8(11)4-9(7)10(13)5-12/h2-4,10H,5-6,12H2,1H3. The van der Waals surface area contributed by atoms with Gasteiger partial charge in [-0.25, -0.2) is 0 Å². The van der Waals surface area contributed by atoms with Crippen LogP contribution in [0, 0.1) is 0 Å². The summed E-state index contributed by atoms with van der Waals surface area (Å²) in [4.78, 5) is 2.25. The normalized spacial score (nSPS) is 21.9. The Balaban J connectivity index is 2.44. The van der Waals surface area contributed by atoms with Gasteiger partial charge in [0.25, 0.3) is 0 Å². The zero-order valence-electron chi connectivity index (χ0n) is 7.63. The lowest BCUT2D eigenvalue weighted by atomic mass is 10.1. The number of likely N-dealkylation sites (N-methyl/N-ethyl adjacent to an activating group) is 1. The SMILES string of the molecule is CN1Cc2ccc(Cl)cc2C1CN. The van der Waals surface area contributed by atoms with Crippen LogP contribution in [-0.4, -0.2) is 18.5 Å². The summed E-state index contributed by atoms with van der Waals surface area (Å²) in [5.41, 5.74) is 8.34. The fourth-order valence-electron chi connectivity index (χ4n) is 1.94. The average Bonchev–Trinajstić information content (AvgIpc) is 2.40. The van der Waals surface area contributed by atoms with Crippen LogP contribution in [0.5, 0.6) is 0 Å². The molecule has 1 heterocycles. The van der Waals surface area contributed by atoms with E-state index in [1.807, 2.05) is 12.1 Å². The molecule has 0 fully saturated rings. The third-order valence-corrected chi connectivity index (χ3v) is 2.88.